The molecule has 1 heterocycles. The van der Waals surface area contributed by atoms with Crippen LogP contribution in [0.5, 0.6) is 0 Å². The maximum Gasteiger partial charge on any atom is 0.247 e. The molecule has 1 fully saturated rings. The highest BCUT2D eigenvalue weighted by atomic mass is 79.9. The third-order valence-corrected chi connectivity index (χ3v) is 10.8. The Morgan fingerprint density at radius 1 is 0.897 bits per heavy atom. The molecule has 3 aliphatic carbocycles. The van der Waals surface area contributed by atoms with Gasteiger partial charge in [-0.3, -0.25) is 19.3 Å². The summed E-state index contributed by atoms with van der Waals surface area (Å²) in [7, 11) is 0. The molecule has 0 radical (unpaired) electrons. The van der Waals surface area contributed by atoms with Gasteiger partial charge in [-0.2, -0.15) is 0 Å². The summed E-state index contributed by atoms with van der Waals surface area (Å²) in [6.07, 6.45) is 0. The number of nitrogens with one attached hydrogen (secondary N) is 1. The summed E-state index contributed by atoms with van der Waals surface area (Å²) in [5.41, 5.74) is 4.15. The molecule has 3 aromatic rings. The molecule has 1 N–H and O–H groups in total. The molecule has 1 aliphatic heterocycles. The number of nitrogens with zero attached hydrogens (tertiary/aromatic N) is 1. The third-order valence-electron chi connectivity index (χ3n) is 8.32. The van der Waals surface area contributed by atoms with Gasteiger partial charge >= 0.3 is 0 Å². The van der Waals surface area contributed by atoms with Gasteiger partial charge in [0.15, 0.2) is 0 Å². The molecule has 5 nitrogen and oxygen atoms in total. The van der Waals surface area contributed by atoms with E-state index in [0.717, 1.165) is 32.7 Å². The Labute approximate surface area is 249 Å². The van der Waals surface area contributed by atoms with Gasteiger partial charge in [0.05, 0.1) is 16.9 Å². The van der Waals surface area contributed by atoms with Gasteiger partial charge < -0.3 is 5.32 Å². The highest BCUT2D eigenvalue weighted by molar-refractivity contribution is 9.10. The van der Waals surface area contributed by atoms with Gasteiger partial charge in [0, 0.05) is 10.2 Å². The van der Waals surface area contributed by atoms with Crippen molar-refractivity contribution in [3.8, 4) is 0 Å². The molecule has 3 atom stereocenters. The van der Waals surface area contributed by atoms with Crippen LogP contribution in [0.3, 0.4) is 0 Å². The Bertz CT molecular complexity index is 1470. The molecule has 0 unspecified atom stereocenters. The highest BCUT2D eigenvalue weighted by Gasteiger charge is 2.73. The second-order valence-electron chi connectivity index (χ2n) is 10.8. The maximum absolute atomic E-state index is 14.3. The third kappa shape index (κ3) is 3.48. The van der Waals surface area contributed by atoms with E-state index in [4.69, 9.17) is 34.8 Å². The molecule has 7 rings (SSSR count). The standard InChI is InChI=1S/C30H24BrCl3N2O3/c1-14(2)25(26(37)35-22-13-21(32)20(31)12-15(22)3)36-27(38)23-24(28(36)39)30(34)17-9-5-4-8-16(17)29(23,33)18-10-6-7-11-19(18)30/h4-14,23-25H,1-3H3,(H,35,37)/t23-,24+,25-,29?,30?/m0/s1. The van der Waals surface area contributed by atoms with Crippen LogP contribution >= 0.6 is 50.7 Å². The van der Waals surface area contributed by atoms with E-state index in [1.165, 1.54) is 0 Å². The summed E-state index contributed by atoms with van der Waals surface area (Å²) in [5, 5.41) is 3.32. The smallest absolute Gasteiger partial charge is 0.247 e. The molecule has 0 aromatic heterocycles. The first-order valence-electron chi connectivity index (χ1n) is 12.6. The molecule has 4 aliphatic rings. The van der Waals surface area contributed by atoms with Crippen molar-refractivity contribution in [1.29, 1.82) is 0 Å². The molecular formula is C30H24BrCl3N2O3. The first-order valence-corrected chi connectivity index (χ1v) is 14.6. The van der Waals surface area contributed by atoms with Crippen LogP contribution < -0.4 is 5.32 Å². The maximum atomic E-state index is 14.3. The second-order valence-corrected chi connectivity index (χ2v) is 13.2. The number of imide groups is 1. The molecule has 3 amide bonds. The number of likely N-dealkylation sites (tertiary alicyclic amines) is 1. The van der Waals surface area contributed by atoms with Crippen LogP contribution in [0.4, 0.5) is 5.69 Å². The van der Waals surface area contributed by atoms with Crippen molar-refractivity contribution in [2.75, 3.05) is 5.32 Å². The first-order chi connectivity index (χ1) is 18.4. The Morgan fingerprint density at radius 3 is 1.74 bits per heavy atom. The average molecular weight is 647 g/mol. The number of hydrogen-bond acceptors (Lipinski definition) is 3. The van der Waals surface area contributed by atoms with E-state index in [-0.39, 0.29) is 5.92 Å². The van der Waals surface area contributed by atoms with Crippen LogP contribution in [0.1, 0.15) is 41.7 Å². The summed E-state index contributed by atoms with van der Waals surface area (Å²) in [5.74, 6) is -3.79. The van der Waals surface area contributed by atoms with Crippen LogP contribution in [-0.4, -0.2) is 28.7 Å². The predicted octanol–water partition coefficient (Wildman–Crippen LogP) is 6.97. The van der Waals surface area contributed by atoms with E-state index < -0.39 is 45.3 Å². The quantitative estimate of drug-likeness (QED) is 0.246. The molecule has 3 aromatic carbocycles. The largest absolute Gasteiger partial charge is 0.324 e. The van der Waals surface area contributed by atoms with Crippen molar-refractivity contribution < 1.29 is 14.4 Å². The average Bonchev–Trinajstić information content (AvgIpc) is 3.17. The number of hydrogen-bond donors (Lipinski definition) is 1. The summed E-state index contributed by atoms with van der Waals surface area (Å²) in [6.45, 7) is 5.45. The lowest BCUT2D eigenvalue weighted by Crippen LogP contribution is -2.57. The van der Waals surface area contributed by atoms with Crippen LogP contribution in [0, 0.1) is 24.7 Å². The lowest BCUT2D eigenvalue weighted by atomic mass is 9.54. The van der Waals surface area contributed by atoms with Crippen molar-refractivity contribution >= 4 is 74.1 Å². The molecular weight excluding hydrogens is 623 g/mol. The minimum absolute atomic E-state index is 0.385. The van der Waals surface area contributed by atoms with Crippen LogP contribution in [0.25, 0.3) is 0 Å². The molecule has 0 spiro atoms. The van der Waals surface area contributed by atoms with Crippen LogP contribution in [0.15, 0.2) is 65.1 Å². The lowest BCUT2D eigenvalue weighted by molar-refractivity contribution is -0.148. The SMILES string of the molecule is Cc1cc(Br)c(Cl)cc1NC(=O)[C@H](C(C)C)N1C(=O)[C@@H]2[C@H](C1=O)C1(Cl)c3ccccc3C2(Cl)c2ccccc21. The van der Waals surface area contributed by atoms with Gasteiger partial charge in [-0.25, -0.2) is 0 Å². The van der Waals surface area contributed by atoms with Crippen molar-refractivity contribution in [2.45, 2.75) is 36.6 Å². The van der Waals surface area contributed by atoms with Crippen LogP contribution in [0.2, 0.25) is 5.02 Å². The zero-order valence-electron chi connectivity index (χ0n) is 21.3. The number of carbonyl (C=O) groups is 3. The van der Waals surface area contributed by atoms with Gasteiger partial charge in [0.2, 0.25) is 17.7 Å². The number of alkyl halides is 2. The fraction of sp³-hybridized carbons (Fsp3) is 0.300. The fourth-order valence-electron chi connectivity index (χ4n) is 6.67. The fourth-order valence-corrected chi connectivity index (χ4v) is 8.39. The molecule has 39 heavy (non-hydrogen) atoms. The van der Waals surface area contributed by atoms with Crippen molar-refractivity contribution in [2.24, 2.45) is 17.8 Å². The van der Waals surface area contributed by atoms with Crippen molar-refractivity contribution in [1.82, 2.24) is 4.90 Å². The summed E-state index contributed by atoms with van der Waals surface area (Å²) >= 11 is 24.7. The monoisotopic (exact) mass is 644 g/mol. The summed E-state index contributed by atoms with van der Waals surface area (Å²) in [4.78, 5) is 40.9. The van der Waals surface area contributed by atoms with Crippen LogP contribution in [-0.2, 0) is 24.1 Å². The molecule has 9 heteroatoms. The topological polar surface area (TPSA) is 66.5 Å². The zero-order valence-corrected chi connectivity index (χ0v) is 25.1. The minimum atomic E-state index is -1.30. The zero-order chi connectivity index (χ0) is 28.0. The van der Waals surface area contributed by atoms with Gasteiger partial charge in [0.1, 0.15) is 15.8 Å². The Balaban J connectivity index is 1.47. The number of carbonyl (C=O) groups excluding carboxylic acids is 3. The predicted molar refractivity (Wildman–Crippen MR) is 156 cm³/mol. The van der Waals surface area contributed by atoms with Crippen molar-refractivity contribution in [3.63, 3.8) is 0 Å². The number of rotatable bonds is 4. The van der Waals surface area contributed by atoms with E-state index in [1.54, 1.807) is 26.0 Å². The van der Waals surface area contributed by atoms with E-state index in [2.05, 4.69) is 21.2 Å². The second kappa shape index (κ2) is 9.07. The summed E-state index contributed by atoms with van der Waals surface area (Å²) in [6, 6.07) is 17.3. The number of amides is 3. The lowest BCUT2D eigenvalue weighted by Gasteiger charge is -2.54. The molecule has 200 valence electrons. The highest BCUT2D eigenvalue weighted by Crippen LogP contribution is 2.69. The number of anilines is 1. The number of aryl methyl sites for hydroxylation is 1. The Kier molecular flexibility index (Phi) is 6.24. The summed E-state index contributed by atoms with van der Waals surface area (Å²) < 4.78 is 0.698. The van der Waals surface area contributed by atoms with Gasteiger partial charge in [-0.15, -0.1) is 23.2 Å². The first kappa shape index (κ1) is 26.8. The van der Waals surface area contributed by atoms with E-state index in [0.29, 0.717) is 15.2 Å². The number of halogens is 4. The van der Waals surface area contributed by atoms with E-state index in [1.807, 2.05) is 55.5 Å². The van der Waals surface area contributed by atoms with Crippen molar-refractivity contribution in [3.05, 3.63) is 98.0 Å². The molecule has 1 saturated heterocycles. The van der Waals surface area contributed by atoms with E-state index in [9.17, 15) is 14.4 Å². The normalized spacial score (nSPS) is 27.3. The van der Waals surface area contributed by atoms with Gasteiger partial charge in [0.25, 0.3) is 0 Å². The molecule has 0 saturated carbocycles. The molecule has 2 bridgehead atoms. The minimum Gasteiger partial charge on any atom is -0.324 e. The number of benzene rings is 3. The Hall–Kier alpha value is -2.38. The van der Waals surface area contributed by atoms with E-state index >= 15 is 0 Å². The Morgan fingerprint density at radius 2 is 1.33 bits per heavy atom. The van der Waals surface area contributed by atoms with Gasteiger partial charge in [-0.1, -0.05) is 74.0 Å². The van der Waals surface area contributed by atoms with Gasteiger partial charge in [-0.05, 0) is 68.7 Å².